The molecule has 0 aromatic carbocycles. The minimum Gasteiger partial charge on any atom is -0.385 e. The van der Waals surface area contributed by atoms with E-state index in [2.05, 4.69) is 10.5 Å². The van der Waals surface area contributed by atoms with Gasteiger partial charge in [-0.05, 0) is 44.9 Å². The molecule has 0 radical (unpaired) electrons. The molecule has 3 aliphatic rings. The number of aromatic nitrogens is 2. The molecule has 4 rings (SSSR count). The molecule has 0 spiro atoms. The van der Waals surface area contributed by atoms with Crippen LogP contribution in [0, 0.1) is 0 Å². The van der Waals surface area contributed by atoms with Crippen LogP contribution in [0.5, 0.6) is 0 Å². The molecule has 2 aliphatic heterocycles. The summed E-state index contributed by atoms with van der Waals surface area (Å²) < 4.78 is 16.6. The average Bonchev–Trinajstić information content (AvgIpc) is 3.30. The van der Waals surface area contributed by atoms with Crippen molar-refractivity contribution < 1.29 is 18.8 Å². The molecule has 1 aromatic rings. The summed E-state index contributed by atoms with van der Waals surface area (Å²) in [7, 11) is 1.72. The number of hydrogen-bond donors (Lipinski definition) is 1. The maximum atomic E-state index is 13.0. The molecule has 2 amide bonds. The first kappa shape index (κ1) is 21.6. The monoisotopic (exact) mass is 420 g/mol. The van der Waals surface area contributed by atoms with Crippen LogP contribution in [0.2, 0.25) is 0 Å². The topological polar surface area (TPSA) is 89.7 Å². The lowest BCUT2D eigenvalue weighted by atomic mass is 9.76. The lowest BCUT2D eigenvalue weighted by molar-refractivity contribution is 0.0778. The Hall–Kier alpha value is -1.67. The summed E-state index contributed by atoms with van der Waals surface area (Å²) in [6.07, 6.45) is 10.4. The van der Waals surface area contributed by atoms with Gasteiger partial charge >= 0.3 is 6.03 Å². The summed E-state index contributed by atoms with van der Waals surface area (Å²) in [4.78, 5) is 19.8. The first-order valence-corrected chi connectivity index (χ1v) is 11.7. The molecule has 1 aromatic heterocycles. The number of nitrogens with one attached hydrogen (secondary N) is 1. The van der Waals surface area contributed by atoms with Crippen molar-refractivity contribution in [2.24, 2.45) is 0 Å². The lowest BCUT2D eigenvalue weighted by Gasteiger charge is -2.41. The van der Waals surface area contributed by atoms with Crippen LogP contribution in [-0.4, -0.2) is 67.1 Å². The summed E-state index contributed by atoms with van der Waals surface area (Å²) in [5, 5.41) is 7.68. The fourth-order valence-corrected chi connectivity index (χ4v) is 5.17. The average molecular weight is 421 g/mol. The number of hydrogen-bond acceptors (Lipinski definition) is 6. The van der Waals surface area contributed by atoms with E-state index in [1.54, 1.807) is 7.11 Å². The van der Waals surface area contributed by atoms with Gasteiger partial charge < -0.3 is 24.2 Å². The van der Waals surface area contributed by atoms with Crippen LogP contribution in [0.3, 0.4) is 0 Å². The Kier molecular flexibility index (Phi) is 7.25. The van der Waals surface area contributed by atoms with Crippen molar-refractivity contribution >= 4 is 6.03 Å². The van der Waals surface area contributed by atoms with Crippen molar-refractivity contribution in [3.63, 3.8) is 0 Å². The van der Waals surface area contributed by atoms with Gasteiger partial charge in [-0.25, -0.2) is 4.79 Å². The van der Waals surface area contributed by atoms with Crippen LogP contribution in [0.1, 0.15) is 81.8 Å². The number of rotatable bonds is 6. The normalized spacial score (nSPS) is 26.6. The van der Waals surface area contributed by atoms with Crippen molar-refractivity contribution in [2.75, 3.05) is 40.0 Å². The predicted octanol–water partition coefficient (Wildman–Crippen LogP) is 3.38. The molecule has 30 heavy (non-hydrogen) atoms. The number of carbonyl (C=O) groups excluding carboxylic acids is 1. The summed E-state index contributed by atoms with van der Waals surface area (Å²) in [5.74, 6) is 1.72. The Labute approximate surface area is 179 Å². The number of ether oxygens (including phenoxy) is 2. The molecule has 1 saturated carbocycles. The zero-order valence-electron chi connectivity index (χ0n) is 18.2. The quantitative estimate of drug-likeness (QED) is 0.759. The van der Waals surface area contributed by atoms with Crippen molar-refractivity contribution in [3.8, 4) is 0 Å². The van der Waals surface area contributed by atoms with Gasteiger partial charge in [0.15, 0.2) is 5.82 Å². The van der Waals surface area contributed by atoms with Crippen molar-refractivity contribution in [1.29, 1.82) is 0 Å². The van der Waals surface area contributed by atoms with E-state index in [-0.39, 0.29) is 17.4 Å². The van der Waals surface area contributed by atoms with E-state index in [1.165, 1.54) is 19.3 Å². The van der Waals surface area contributed by atoms with Crippen LogP contribution in [0.15, 0.2) is 4.52 Å². The highest BCUT2D eigenvalue weighted by Crippen LogP contribution is 2.37. The number of carbonyl (C=O) groups is 1. The largest absolute Gasteiger partial charge is 0.385 e. The van der Waals surface area contributed by atoms with Gasteiger partial charge in [-0.1, -0.05) is 24.4 Å². The molecular weight excluding hydrogens is 384 g/mol. The van der Waals surface area contributed by atoms with E-state index in [1.807, 2.05) is 4.90 Å². The van der Waals surface area contributed by atoms with Gasteiger partial charge in [0, 0.05) is 52.0 Å². The molecule has 8 heteroatoms. The minimum atomic E-state index is -0.314. The Morgan fingerprint density at radius 3 is 2.77 bits per heavy atom. The standard InChI is InChI=1S/C22H36N4O4/c1-28-15-11-22(20-24-19(30-25-20)17-8-13-29-14-9-17)10-5-12-26(16-22)21(27)23-18-6-3-2-4-7-18/h17-18H,2-16H2,1H3,(H,23,27). The molecule has 1 aliphatic carbocycles. The Bertz CT molecular complexity index is 684. The van der Waals surface area contributed by atoms with Crippen LogP contribution in [0.4, 0.5) is 4.79 Å². The van der Waals surface area contributed by atoms with E-state index >= 15 is 0 Å². The smallest absolute Gasteiger partial charge is 0.317 e. The summed E-state index contributed by atoms with van der Waals surface area (Å²) >= 11 is 0. The van der Waals surface area contributed by atoms with Gasteiger partial charge in [-0.15, -0.1) is 0 Å². The van der Waals surface area contributed by atoms with Gasteiger partial charge in [0.2, 0.25) is 5.89 Å². The number of amides is 2. The molecule has 3 fully saturated rings. The van der Waals surface area contributed by atoms with Crippen molar-refractivity contribution in [1.82, 2.24) is 20.4 Å². The van der Waals surface area contributed by atoms with Crippen LogP contribution in [-0.2, 0) is 14.9 Å². The molecular formula is C22H36N4O4. The molecule has 1 unspecified atom stereocenters. The van der Waals surface area contributed by atoms with Crippen LogP contribution in [0.25, 0.3) is 0 Å². The third kappa shape index (κ3) is 4.97. The van der Waals surface area contributed by atoms with E-state index in [4.69, 9.17) is 19.0 Å². The Balaban J connectivity index is 1.47. The van der Waals surface area contributed by atoms with Gasteiger partial charge in [0.1, 0.15) is 0 Å². The van der Waals surface area contributed by atoms with Crippen LogP contribution >= 0.6 is 0 Å². The maximum Gasteiger partial charge on any atom is 0.317 e. The SMILES string of the molecule is COCCC1(c2noc(C3CCOCC3)n2)CCCN(C(=O)NC2CCCCC2)C1. The maximum absolute atomic E-state index is 13.0. The first-order valence-electron chi connectivity index (χ1n) is 11.7. The number of urea groups is 1. The second-order valence-electron chi connectivity index (χ2n) is 9.18. The predicted molar refractivity (Wildman–Crippen MR) is 111 cm³/mol. The van der Waals surface area contributed by atoms with E-state index in [0.717, 1.165) is 70.5 Å². The zero-order chi connectivity index (χ0) is 20.8. The Morgan fingerprint density at radius 1 is 1.20 bits per heavy atom. The Morgan fingerprint density at radius 2 is 2.00 bits per heavy atom. The minimum absolute atomic E-state index is 0.0524. The molecule has 0 bridgehead atoms. The van der Waals surface area contributed by atoms with Gasteiger partial charge in [0.25, 0.3) is 0 Å². The van der Waals surface area contributed by atoms with Crippen LogP contribution < -0.4 is 5.32 Å². The summed E-state index contributed by atoms with van der Waals surface area (Å²) in [6, 6.07) is 0.364. The molecule has 1 atom stereocenters. The molecule has 8 nitrogen and oxygen atoms in total. The zero-order valence-corrected chi connectivity index (χ0v) is 18.2. The third-order valence-electron chi connectivity index (χ3n) is 7.07. The third-order valence-corrected chi connectivity index (χ3v) is 7.07. The molecule has 3 heterocycles. The lowest BCUT2D eigenvalue weighted by Crippen LogP contribution is -2.54. The van der Waals surface area contributed by atoms with E-state index < -0.39 is 0 Å². The highest BCUT2D eigenvalue weighted by molar-refractivity contribution is 5.74. The number of likely N-dealkylation sites (tertiary alicyclic amines) is 1. The number of methoxy groups -OCH3 is 1. The van der Waals surface area contributed by atoms with Gasteiger partial charge in [-0.3, -0.25) is 0 Å². The van der Waals surface area contributed by atoms with Gasteiger partial charge in [0.05, 0.1) is 5.41 Å². The fourth-order valence-electron chi connectivity index (χ4n) is 5.17. The van der Waals surface area contributed by atoms with Crippen molar-refractivity contribution in [3.05, 3.63) is 11.7 Å². The number of nitrogens with zero attached hydrogens (tertiary/aromatic N) is 3. The molecule has 168 valence electrons. The second-order valence-corrected chi connectivity index (χ2v) is 9.18. The highest BCUT2D eigenvalue weighted by Gasteiger charge is 2.43. The number of piperidine rings is 1. The molecule has 2 saturated heterocycles. The highest BCUT2D eigenvalue weighted by atomic mass is 16.5. The fraction of sp³-hybridized carbons (Fsp3) is 0.864. The molecule has 1 N–H and O–H groups in total. The van der Waals surface area contributed by atoms with Gasteiger partial charge in [-0.2, -0.15) is 4.98 Å². The first-order chi connectivity index (χ1) is 14.7. The summed E-state index contributed by atoms with van der Waals surface area (Å²) in [6.45, 7) is 3.48. The van der Waals surface area contributed by atoms with E-state index in [9.17, 15) is 4.79 Å². The van der Waals surface area contributed by atoms with E-state index in [0.29, 0.717) is 25.1 Å². The van der Waals surface area contributed by atoms with Crippen molar-refractivity contribution in [2.45, 2.75) is 81.6 Å². The summed E-state index contributed by atoms with van der Waals surface area (Å²) in [5.41, 5.74) is -0.314. The second kappa shape index (κ2) is 10.1.